The summed E-state index contributed by atoms with van der Waals surface area (Å²) in [6.07, 6.45) is 12.9. The van der Waals surface area contributed by atoms with Crippen LogP contribution in [0.1, 0.15) is 57.8 Å². The van der Waals surface area contributed by atoms with Crippen molar-refractivity contribution < 1.29 is 0 Å². The van der Waals surface area contributed by atoms with Gasteiger partial charge in [-0.25, -0.2) is 0 Å². The highest BCUT2D eigenvalue weighted by atomic mass is 15.3. The Labute approximate surface area is 123 Å². The predicted octanol–water partition coefficient (Wildman–Crippen LogP) is 2.21. The van der Waals surface area contributed by atoms with Crippen LogP contribution >= 0.6 is 0 Å². The Bertz CT molecular complexity index is 352. The minimum atomic E-state index is 0.323. The lowest BCUT2D eigenvalue weighted by Gasteiger charge is -2.52. The topological polar surface area (TPSA) is 32.5 Å². The SMILES string of the molecule is NCC1(N2CCCC3CCCCC32)CCN(C2CC2)C1. The van der Waals surface area contributed by atoms with Crippen molar-refractivity contribution >= 4 is 0 Å². The molecule has 2 N–H and O–H groups in total. The van der Waals surface area contributed by atoms with Gasteiger partial charge in [0.1, 0.15) is 0 Å². The van der Waals surface area contributed by atoms with Gasteiger partial charge >= 0.3 is 0 Å². The molecule has 2 heterocycles. The highest BCUT2D eigenvalue weighted by molar-refractivity contribution is 5.07. The molecule has 2 aliphatic heterocycles. The Morgan fingerprint density at radius 2 is 1.75 bits per heavy atom. The number of hydrogen-bond donors (Lipinski definition) is 1. The van der Waals surface area contributed by atoms with Crippen LogP contribution in [0.4, 0.5) is 0 Å². The maximum Gasteiger partial charge on any atom is 0.0473 e. The molecule has 4 rings (SSSR count). The summed E-state index contributed by atoms with van der Waals surface area (Å²) >= 11 is 0. The van der Waals surface area contributed by atoms with E-state index in [1.165, 1.54) is 77.4 Å². The number of nitrogens with two attached hydrogens (primary N) is 1. The van der Waals surface area contributed by atoms with Crippen LogP contribution in [0.25, 0.3) is 0 Å². The summed E-state index contributed by atoms with van der Waals surface area (Å²) in [5.41, 5.74) is 6.66. The Hall–Kier alpha value is -0.120. The molecule has 4 aliphatic rings. The molecule has 3 atom stereocenters. The fraction of sp³-hybridized carbons (Fsp3) is 1.00. The Balaban J connectivity index is 1.53. The van der Waals surface area contributed by atoms with Gasteiger partial charge in [-0.1, -0.05) is 12.8 Å². The van der Waals surface area contributed by atoms with Crippen molar-refractivity contribution in [3.63, 3.8) is 0 Å². The second-order valence-corrected chi connectivity index (χ2v) is 7.83. The van der Waals surface area contributed by atoms with Gasteiger partial charge in [0.15, 0.2) is 0 Å². The van der Waals surface area contributed by atoms with E-state index in [0.29, 0.717) is 5.54 Å². The van der Waals surface area contributed by atoms with Gasteiger partial charge < -0.3 is 5.73 Å². The molecule has 2 saturated carbocycles. The summed E-state index contributed by atoms with van der Waals surface area (Å²) in [6, 6.07) is 1.77. The highest BCUT2D eigenvalue weighted by Crippen LogP contribution is 2.43. The van der Waals surface area contributed by atoms with Crippen LogP contribution in [-0.2, 0) is 0 Å². The molecule has 0 radical (unpaired) electrons. The van der Waals surface area contributed by atoms with Gasteiger partial charge in [0.2, 0.25) is 0 Å². The zero-order valence-electron chi connectivity index (χ0n) is 12.9. The minimum Gasteiger partial charge on any atom is -0.329 e. The third-order valence-electron chi connectivity index (χ3n) is 6.66. The van der Waals surface area contributed by atoms with E-state index in [9.17, 15) is 0 Å². The standard InChI is InChI=1S/C17H31N3/c18-12-17(9-11-19(13-17)15-7-8-15)20-10-3-5-14-4-1-2-6-16(14)20/h14-16H,1-13,18H2. The number of fused-ring (bicyclic) bond motifs is 1. The van der Waals surface area contributed by atoms with Crippen molar-refractivity contribution in [1.82, 2.24) is 9.80 Å². The second-order valence-electron chi connectivity index (χ2n) is 7.83. The molecular weight excluding hydrogens is 246 g/mol. The Kier molecular flexibility index (Phi) is 3.56. The molecule has 2 saturated heterocycles. The molecule has 3 heteroatoms. The van der Waals surface area contributed by atoms with Crippen LogP contribution in [0, 0.1) is 5.92 Å². The Morgan fingerprint density at radius 3 is 2.55 bits per heavy atom. The molecule has 4 fully saturated rings. The average Bonchev–Trinajstić information content (AvgIpc) is 3.27. The summed E-state index contributed by atoms with van der Waals surface area (Å²) in [5.74, 6) is 0.982. The van der Waals surface area contributed by atoms with E-state index >= 15 is 0 Å². The first kappa shape index (κ1) is 13.5. The summed E-state index contributed by atoms with van der Waals surface area (Å²) in [4.78, 5) is 5.65. The van der Waals surface area contributed by atoms with Crippen LogP contribution in [-0.4, -0.2) is 53.6 Å². The second kappa shape index (κ2) is 5.26. The molecule has 20 heavy (non-hydrogen) atoms. The van der Waals surface area contributed by atoms with E-state index in [1.54, 1.807) is 0 Å². The summed E-state index contributed by atoms with van der Waals surface area (Å²) < 4.78 is 0. The molecule has 0 amide bonds. The predicted molar refractivity (Wildman–Crippen MR) is 82.7 cm³/mol. The summed E-state index contributed by atoms with van der Waals surface area (Å²) in [7, 11) is 0. The lowest BCUT2D eigenvalue weighted by Crippen LogP contribution is -2.63. The lowest BCUT2D eigenvalue weighted by atomic mass is 9.75. The first-order chi connectivity index (χ1) is 9.82. The first-order valence-corrected chi connectivity index (χ1v) is 9.03. The van der Waals surface area contributed by atoms with Gasteiger partial charge in [-0.05, 0) is 57.4 Å². The molecule has 114 valence electrons. The molecule has 2 aliphatic carbocycles. The van der Waals surface area contributed by atoms with E-state index in [0.717, 1.165) is 24.5 Å². The zero-order valence-corrected chi connectivity index (χ0v) is 12.9. The fourth-order valence-electron chi connectivity index (χ4n) is 5.37. The van der Waals surface area contributed by atoms with Crippen molar-refractivity contribution in [2.45, 2.75) is 75.4 Å². The first-order valence-electron chi connectivity index (χ1n) is 9.03. The molecule has 3 nitrogen and oxygen atoms in total. The van der Waals surface area contributed by atoms with Crippen LogP contribution in [0.2, 0.25) is 0 Å². The van der Waals surface area contributed by atoms with E-state index in [2.05, 4.69) is 9.80 Å². The minimum absolute atomic E-state index is 0.323. The monoisotopic (exact) mass is 277 g/mol. The van der Waals surface area contributed by atoms with Crippen LogP contribution in [0.5, 0.6) is 0 Å². The van der Waals surface area contributed by atoms with Crippen molar-refractivity contribution in [3.05, 3.63) is 0 Å². The van der Waals surface area contributed by atoms with Crippen molar-refractivity contribution in [3.8, 4) is 0 Å². The lowest BCUT2D eigenvalue weighted by molar-refractivity contribution is -0.0214. The molecular formula is C17H31N3. The van der Waals surface area contributed by atoms with Gasteiger partial charge in [-0.2, -0.15) is 0 Å². The van der Waals surface area contributed by atoms with E-state index in [1.807, 2.05) is 0 Å². The van der Waals surface area contributed by atoms with Crippen molar-refractivity contribution in [2.75, 3.05) is 26.2 Å². The normalized spacial score (nSPS) is 43.6. The van der Waals surface area contributed by atoms with Gasteiger partial charge in [0, 0.05) is 37.3 Å². The summed E-state index contributed by atoms with van der Waals surface area (Å²) in [5, 5.41) is 0. The molecule has 0 aromatic rings. The largest absolute Gasteiger partial charge is 0.329 e. The van der Waals surface area contributed by atoms with E-state index < -0.39 is 0 Å². The number of piperidine rings is 1. The molecule has 0 bridgehead atoms. The molecule has 0 spiro atoms. The average molecular weight is 277 g/mol. The van der Waals surface area contributed by atoms with E-state index in [-0.39, 0.29) is 0 Å². The number of likely N-dealkylation sites (tertiary alicyclic amines) is 2. The van der Waals surface area contributed by atoms with Crippen molar-refractivity contribution in [2.24, 2.45) is 11.7 Å². The third kappa shape index (κ3) is 2.22. The third-order valence-corrected chi connectivity index (χ3v) is 6.66. The van der Waals surface area contributed by atoms with Crippen molar-refractivity contribution in [1.29, 1.82) is 0 Å². The number of hydrogen-bond acceptors (Lipinski definition) is 3. The zero-order chi connectivity index (χ0) is 13.6. The number of nitrogens with zero attached hydrogens (tertiary/aromatic N) is 2. The molecule has 3 unspecified atom stereocenters. The fourth-order valence-corrected chi connectivity index (χ4v) is 5.37. The molecule has 0 aromatic carbocycles. The maximum atomic E-state index is 6.34. The van der Waals surface area contributed by atoms with Crippen LogP contribution in [0.15, 0.2) is 0 Å². The van der Waals surface area contributed by atoms with Gasteiger partial charge in [-0.15, -0.1) is 0 Å². The van der Waals surface area contributed by atoms with Gasteiger partial charge in [0.25, 0.3) is 0 Å². The summed E-state index contributed by atoms with van der Waals surface area (Å²) in [6.45, 7) is 4.75. The quantitative estimate of drug-likeness (QED) is 0.858. The maximum absolute atomic E-state index is 6.34. The smallest absolute Gasteiger partial charge is 0.0473 e. The number of rotatable bonds is 3. The van der Waals surface area contributed by atoms with Crippen LogP contribution in [0.3, 0.4) is 0 Å². The highest BCUT2D eigenvalue weighted by Gasteiger charge is 2.49. The Morgan fingerprint density at radius 1 is 0.950 bits per heavy atom. The van der Waals surface area contributed by atoms with Crippen LogP contribution < -0.4 is 5.73 Å². The van der Waals surface area contributed by atoms with Gasteiger partial charge in [-0.3, -0.25) is 9.80 Å². The van der Waals surface area contributed by atoms with Gasteiger partial charge in [0.05, 0.1) is 0 Å². The van der Waals surface area contributed by atoms with E-state index in [4.69, 9.17) is 5.73 Å². The molecule has 0 aromatic heterocycles.